The van der Waals surface area contributed by atoms with Gasteiger partial charge < -0.3 is 9.84 Å². The van der Waals surface area contributed by atoms with Crippen molar-refractivity contribution in [2.75, 3.05) is 7.11 Å². The molecule has 4 heteroatoms. The summed E-state index contributed by atoms with van der Waals surface area (Å²) in [6, 6.07) is 0. The van der Waals surface area contributed by atoms with E-state index in [1.807, 2.05) is 0 Å². The van der Waals surface area contributed by atoms with E-state index in [1.54, 1.807) is 5.57 Å². The molecule has 0 amide bonds. The average Bonchev–Trinajstić information content (AvgIpc) is 3.08. The molecular weight excluding hydrogens is 376 g/mol. The molecule has 3 aliphatic rings. The second-order valence-corrected chi connectivity index (χ2v) is 10.0. The van der Waals surface area contributed by atoms with Crippen LogP contribution < -0.4 is 0 Å². The molecule has 0 heterocycles. The minimum absolute atomic E-state index is 0.140. The molecule has 4 atom stereocenters. The van der Waals surface area contributed by atoms with E-state index in [-0.39, 0.29) is 6.10 Å². The van der Waals surface area contributed by atoms with Crippen LogP contribution in [0.4, 0.5) is 0 Å². The number of aliphatic hydroxyl groups is 1. The second kappa shape index (κ2) is 10.7. The number of methoxy groups -OCH3 is 1. The van der Waals surface area contributed by atoms with Crippen LogP contribution in [0.15, 0.2) is 23.3 Å². The third-order valence-corrected chi connectivity index (χ3v) is 8.10. The van der Waals surface area contributed by atoms with Crippen molar-refractivity contribution in [3.05, 3.63) is 23.3 Å². The highest BCUT2D eigenvalue weighted by Gasteiger charge is 2.48. The summed E-state index contributed by atoms with van der Waals surface area (Å²) < 4.78 is 4.49. The lowest BCUT2D eigenvalue weighted by Crippen LogP contribution is -2.33. The third kappa shape index (κ3) is 5.63. The number of rotatable bonds is 8. The third-order valence-electron chi connectivity index (χ3n) is 8.10. The molecule has 0 radical (unpaired) electrons. The number of aliphatic hydroxyl groups excluding tert-OH is 1. The van der Waals surface area contributed by atoms with Gasteiger partial charge in [-0.15, -0.1) is 0 Å². The van der Waals surface area contributed by atoms with Crippen LogP contribution in [0.5, 0.6) is 0 Å². The van der Waals surface area contributed by atoms with Crippen molar-refractivity contribution in [2.24, 2.45) is 17.3 Å². The quantitative estimate of drug-likeness (QED) is 0.314. The van der Waals surface area contributed by atoms with Gasteiger partial charge in [0.2, 0.25) is 5.78 Å². The molecule has 0 saturated heterocycles. The molecular formula is C26H40O4. The summed E-state index contributed by atoms with van der Waals surface area (Å²) in [5.41, 5.74) is 3.48. The van der Waals surface area contributed by atoms with Crippen molar-refractivity contribution < 1.29 is 19.4 Å². The first-order valence-electron chi connectivity index (χ1n) is 12.1. The number of carbonyl (C=O) groups is 2. The number of unbranched alkanes of at least 4 members (excludes halogenated alkanes) is 2. The Morgan fingerprint density at radius 2 is 1.93 bits per heavy atom. The van der Waals surface area contributed by atoms with Gasteiger partial charge in [0.15, 0.2) is 0 Å². The van der Waals surface area contributed by atoms with E-state index in [4.69, 9.17) is 0 Å². The molecule has 3 rings (SSSR count). The molecule has 3 aliphatic carbocycles. The standard InChI is InChI=1S/C26H40O4/c1-26-17-7-9-20(14-13-19-8-6-11-22(27)18-19)23(26)16-15-21(26)10-4-3-5-12-24(28)25(29)30-2/h13-14,21-23,27H,3-12,15-18H2,1-2H3/b19-13-,20-14+. The topological polar surface area (TPSA) is 63.6 Å². The zero-order valence-electron chi connectivity index (χ0n) is 19.0. The highest BCUT2D eigenvalue weighted by Crippen LogP contribution is 2.58. The fourth-order valence-electron chi connectivity index (χ4n) is 6.34. The minimum atomic E-state index is -0.708. The number of allylic oxidation sites excluding steroid dienone is 3. The monoisotopic (exact) mass is 416 g/mol. The Kier molecular flexibility index (Phi) is 8.33. The number of hydrogen-bond acceptors (Lipinski definition) is 4. The van der Waals surface area contributed by atoms with Crippen LogP contribution >= 0.6 is 0 Å². The maximum atomic E-state index is 11.6. The van der Waals surface area contributed by atoms with Crippen molar-refractivity contribution in [1.82, 2.24) is 0 Å². The van der Waals surface area contributed by atoms with Crippen LogP contribution in [0, 0.1) is 17.3 Å². The summed E-state index contributed by atoms with van der Waals surface area (Å²) in [5, 5.41) is 9.93. The van der Waals surface area contributed by atoms with Gasteiger partial charge in [0.05, 0.1) is 13.2 Å². The molecule has 4 nitrogen and oxygen atoms in total. The molecule has 168 valence electrons. The Morgan fingerprint density at radius 1 is 1.10 bits per heavy atom. The van der Waals surface area contributed by atoms with Crippen LogP contribution in [-0.2, 0) is 14.3 Å². The molecule has 3 saturated carbocycles. The Labute approximate surface area is 182 Å². The number of hydrogen-bond donors (Lipinski definition) is 1. The highest BCUT2D eigenvalue weighted by molar-refractivity contribution is 6.33. The van der Waals surface area contributed by atoms with E-state index in [2.05, 4.69) is 23.8 Å². The van der Waals surface area contributed by atoms with Gasteiger partial charge in [-0.3, -0.25) is 4.79 Å². The number of fused-ring (bicyclic) bond motifs is 1. The molecule has 1 N–H and O–H groups in total. The van der Waals surface area contributed by atoms with Gasteiger partial charge in [0.1, 0.15) is 0 Å². The first kappa shape index (κ1) is 23.2. The first-order chi connectivity index (χ1) is 14.4. The van der Waals surface area contributed by atoms with Gasteiger partial charge in [-0.2, -0.15) is 0 Å². The average molecular weight is 417 g/mol. The van der Waals surface area contributed by atoms with Crippen molar-refractivity contribution in [3.63, 3.8) is 0 Å². The van der Waals surface area contributed by atoms with Crippen molar-refractivity contribution in [3.8, 4) is 0 Å². The molecule has 0 aromatic rings. The molecule has 3 fully saturated rings. The fraction of sp³-hybridized carbons (Fsp3) is 0.769. The number of ether oxygens (including phenoxy) is 1. The highest BCUT2D eigenvalue weighted by atomic mass is 16.5. The zero-order valence-corrected chi connectivity index (χ0v) is 19.0. The van der Waals surface area contributed by atoms with Crippen molar-refractivity contribution in [2.45, 2.75) is 103 Å². The summed E-state index contributed by atoms with van der Waals surface area (Å²) in [5.74, 6) is 0.376. The summed E-state index contributed by atoms with van der Waals surface area (Å²) in [4.78, 5) is 22.8. The molecule has 30 heavy (non-hydrogen) atoms. The van der Waals surface area contributed by atoms with E-state index in [9.17, 15) is 14.7 Å². The normalized spacial score (nSPS) is 34.2. The second-order valence-electron chi connectivity index (χ2n) is 10.0. The first-order valence-corrected chi connectivity index (χ1v) is 12.1. The van der Waals surface area contributed by atoms with Crippen molar-refractivity contribution in [1.29, 1.82) is 0 Å². The van der Waals surface area contributed by atoms with E-state index < -0.39 is 11.8 Å². The SMILES string of the molecule is COC(=O)C(=O)CCCCCC1CCC2/C(=C/C=C3/CCCC(O)C3)CCCC12C. The lowest BCUT2D eigenvalue weighted by Gasteiger charge is -2.42. The predicted molar refractivity (Wildman–Crippen MR) is 119 cm³/mol. The minimum Gasteiger partial charge on any atom is -0.463 e. The van der Waals surface area contributed by atoms with Gasteiger partial charge in [-0.25, -0.2) is 4.79 Å². The molecule has 0 aromatic carbocycles. The number of ketones is 1. The molecule has 0 spiro atoms. The molecule has 0 bridgehead atoms. The van der Waals surface area contributed by atoms with E-state index in [1.165, 1.54) is 51.2 Å². The number of carbonyl (C=O) groups excluding carboxylic acids is 2. The summed E-state index contributed by atoms with van der Waals surface area (Å²) in [7, 11) is 1.26. The van der Waals surface area contributed by atoms with E-state index in [0.29, 0.717) is 17.8 Å². The zero-order chi connectivity index (χ0) is 21.6. The van der Waals surface area contributed by atoms with E-state index >= 15 is 0 Å². The Morgan fingerprint density at radius 3 is 2.70 bits per heavy atom. The van der Waals surface area contributed by atoms with Gasteiger partial charge in [0.25, 0.3) is 0 Å². The lowest BCUT2D eigenvalue weighted by molar-refractivity contribution is -0.151. The molecule has 4 unspecified atom stereocenters. The number of Topliss-reactive ketones (excluding diaryl/α,β-unsaturated/α-hetero) is 1. The van der Waals surface area contributed by atoms with Crippen LogP contribution in [0.3, 0.4) is 0 Å². The molecule has 0 aliphatic heterocycles. The van der Waals surface area contributed by atoms with Crippen LogP contribution in [-0.4, -0.2) is 30.1 Å². The Bertz CT molecular complexity index is 677. The summed E-state index contributed by atoms with van der Waals surface area (Å²) in [6.45, 7) is 2.51. The Hall–Kier alpha value is -1.42. The molecule has 0 aromatic heterocycles. The van der Waals surface area contributed by atoms with Gasteiger partial charge >= 0.3 is 5.97 Å². The van der Waals surface area contributed by atoms with E-state index in [0.717, 1.165) is 50.9 Å². The predicted octanol–water partition coefficient (Wildman–Crippen LogP) is 5.68. The summed E-state index contributed by atoms with van der Waals surface area (Å²) >= 11 is 0. The van der Waals surface area contributed by atoms with Gasteiger partial charge in [-0.1, -0.05) is 43.1 Å². The van der Waals surface area contributed by atoms with Crippen molar-refractivity contribution >= 4 is 11.8 Å². The van der Waals surface area contributed by atoms with Crippen LogP contribution in [0.25, 0.3) is 0 Å². The van der Waals surface area contributed by atoms with Crippen LogP contribution in [0.1, 0.15) is 96.8 Å². The summed E-state index contributed by atoms with van der Waals surface area (Å²) in [6.07, 6.45) is 19.6. The van der Waals surface area contributed by atoms with Gasteiger partial charge in [-0.05, 0) is 87.9 Å². The smallest absolute Gasteiger partial charge is 0.374 e. The van der Waals surface area contributed by atoms with Crippen LogP contribution in [0.2, 0.25) is 0 Å². The largest absolute Gasteiger partial charge is 0.463 e. The van der Waals surface area contributed by atoms with Gasteiger partial charge in [0, 0.05) is 6.42 Å². The number of esters is 1. The Balaban J connectivity index is 1.50. The maximum Gasteiger partial charge on any atom is 0.374 e. The lowest BCUT2D eigenvalue weighted by atomic mass is 9.62. The fourth-order valence-corrected chi connectivity index (χ4v) is 6.34. The maximum absolute atomic E-state index is 11.6.